The largest absolute Gasteiger partial charge is 0.457 e. The van der Waals surface area contributed by atoms with Gasteiger partial charge < -0.3 is 10.1 Å². The summed E-state index contributed by atoms with van der Waals surface area (Å²) >= 11 is 0. The summed E-state index contributed by atoms with van der Waals surface area (Å²) in [6.07, 6.45) is 4.12. The summed E-state index contributed by atoms with van der Waals surface area (Å²) in [5.74, 6) is -0.00614. The number of rotatable bonds is 4. The van der Waals surface area contributed by atoms with Crippen LogP contribution in [0.15, 0.2) is 61.1 Å². The molecule has 0 fully saturated rings. The predicted octanol–water partition coefficient (Wildman–Crippen LogP) is 4.45. The zero-order valence-corrected chi connectivity index (χ0v) is 14.4. The summed E-state index contributed by atoms with van der Waals surface area (Å²) < 4.78 is 19.7. The molecule has 27 heavy (non-hydrogen) atoms. The van der Waals surface area contributed by atoms with Crippen molar-refractivity contribution in [2.75, 3.05) is 5.32 Å². The van der Waals surface area contributed by atoms with E-state index >= 15 is 0 Å². The second kappa shape index (κ2) is 6.87. The number of aromatic amines is 1. The van der Waals surface area contributed by atoms with Crippen molar-refractivity contribution in [3.8, 4) is 11.5 Å². The summed E-state index contributed by atoms with van der Waals surface area (Å²) in [7, 11) is 0. The lowest BCUT2D eigenvalue weighted by molar-refractivity contribution is 0.102. The quantitative estimate of drug-likeness (QED) is 0.562. The molecule has 0 bridgehead atoms. The molecule has 2 aromatic heterocycles. The minimum Gasteiger partial charge on any atom is -0.457 e. The van der Waals surface area contributed by atoms with E-state index in [-0.39, 0.29) is 5.56 Å². The molecule has 134 valence electrons. The van der Waals surface area contributed by atoms with Gasteiger partial charge in [0, 0.05) is 29.4 Å². The highest BCUT2D eigenvalue weighted by Crippen LogP contribution is 2.30. The highest BCUT2D eigenvalue weighted by Gasteiger charge is 2.12. The average molecular weight is 362 g/mol. The molecule has 1 amide bonds. The van der Waals surface area contributed by atoms with E-state index in [2.05, 4.69) is 20.5 Å². The maximum atomic E-state index is 13.7. The van der Waals surface area contributed by atoms with E-state index in [1.807, 2.05) is 19.1 Å². The molecule has 4 rings (SSSR count). The summed E-state index contributed by atoms with van der Waals surface area (Å²) in [6, 6.07) is 12.1. The third-order valence-electron chi connectivity index (χ3n) is 4.07. The molecule has 2 N–H and O–H groups in total. The van der Waals surface area contributed by atoms with Crippen molar-refractivity contribution in [2.24, 2.45) is 0 Å². The van der Waals surface area contributed by atoms with E-state index in [0.717, 1.165) is 22.7 Å². The first kappa shape index (κ1) is 16.7. The fraction of sp³-hybridized carbons (Fsp3) is 0.0500. The Balaban J connectivity index is 1.56. The lowest BCUT2D eigenvalue weighted by Crippen LogP contribution is -2.13. The lowest BCUT2D eigenvalue weighted by atomic mass is 10.1. The van der Waals surface area contributed by atoms with Gasteiger partial charge in [-0.1, -0.05) is 6.07 Å². The zero-order valence-electron chi connectivity index (χ0n) is 14.4. The first-order valence-corrected chi connectivity index (χ1v) is 8.22. The number of anilines is 1. The number of H-pyrrole nitrogens is 1. The number of fused-ring (bicyclic) bond motifs is 1. The Morgan fingerprint density at radius 3 is 2.93 bits per heavy atom. The average Bonchev–Trinajstić information content (AvgIpc) is 3.09. The molecule has 0 saturated heterocycles. The highest BCUT2D eigenvalue weighted by atomic mass is 19.1. The van der Waals surface area contributed by atoms with Crippen molar-refractivity contribution in [1.29, 1.82) is 0 Å². The SMILES string of the molecule is Cc1cc2cn[nH]c2cc1Oc1cccc(NC(=O)c2ccncc2F)c1. The van der Waals surface area contributed by atoms with Crippen LogP contribution >= 0.6 is 0 Å². The van der Waals surface area contributed by atoms with Crippen LogP contribution in [0.3, 0.4) is 0 Å². The Labute approximate surface area is 154 Å². The van der Waals surface area contributed by atoms with Crippen LogP contribution in [0.5, 0.6) is 11.5 Å². The lowest BCUT2D eigenvalue weighted by Gasteiger charge is -2.11. The first-order valence-electron chi connectivity index (χ1n) is 8.22. The van der Waals surface area contributed by atoms with Crippen LogP contribution in [0.2, 0.25) is 0 Å². The van der Waals surface area contributed by atoms with E-state index in [0.29, 0.717) is 17.2 Å². The first-order chi connectivity index (χ1) is 13.1. The minimum absolute atomic E-state index is 0.0723. The van der Waals surface area contributed by atoms with Crippen LogP contribution in [-0.2, 0) is 0 Å². The molecule has 0 radical (unpaired) electrons. The van der Waals surface area contributed by atoms with Gasteiger partial charge in [0.1, 0.15) is 11.5 Å². The number of aromatic nitrogens is 3. The molecule has 0 aliphatic rings. The van der Waals surface area contributed by atoms with Gasteiger partial charge in [0.2, 0.25) is 0 Å². The van der Waals surface area contributed by atoms with E-state index in [1.54, 1.807) is 30.5 Å². The van der Waals surface area contributed by atoms with Gasteiger partial charge in [0.05, 0.1) is 23.5 Å². The second-order valence-electron chi connectivity index (χ2n) is 6.01. The van der Waals surface area contributed by atoms with Crippen molar-refractivity contribution in [3.63, 3.8) is 0 Å². The van der Waals surface area contributed by atoms with Gasteiger partial charge in [0.15, 0.2) is 5.82 Å². The van der Waals surface area contributed by atoms with E-state index < -0.39 is 11.7 Å². The molecule has 0 spiro atoms. The Bertz CT molecular complexity index is 1140. The maximum Gasteiger partial charge on any atom is 0.258 e. The molecule has 0 unspecified atom stereocenters. The van der Waals surface area contributed by atoms with Gasteiger partial charge in [-0.25, -0.2) is 4.39 Å². The molecule has 0 atom stereocenters. The Morgan fingerprint density at radius 1 is 1.19 bits per heavy atom. The van der Waals surface area contributed by atoms with Crippen molar-refractivity contribution in [1.82, 2.24) is 15.2 Å². The van der Waals surface area contributed by atoms with Crippen LogP contribution in [0.25, 0.3) is 10.9 Å². The summed E-state index contributed by atoms with van der Waals surface area (Å²) in [6.45, 7) is 1.94. The number of hydrogen-bond donors (Lipinski definition) is 2. The van der Waals surface area contributed by atoms with Crippen molar-refractivity contribution in [3.05, 3.63) is 78.0 Å². The third kappa shape index (κ3) is 3.48. The molecule has 4 aromatic rings. The molecule has 7 heteroatoms. The number of carbonyl (C=O) groups is 1. The van der Waals surface area contributed by atoms with Crippen LogP contribution < -0.4 is 10.1 Å². The molecule has 2 heterocycles. The predicted molar refractivity (Wildman–Crippen MR) is 99.5 cm³/mol. The number of amides is 1. The van der Waals surface area contributed by atoms with Crippen LogP contribution in [-0.4, -0.2) is 21.1 Å². The van der Waals surface area contributed by atoms with Gasteiger partial charge in [-0.15, -0.1) is 0 Å². The number of nitrogens with zero attached hydrogens (tertiary/aromatic N) is 2. The number of carbonyl (C=O) groups excluding carboxylic acids is 1. The van der Waals surface area contributed by atoms with Gasteiger partial charge >= 0.3 is 0 Å². The molecule has 2 aromatic carbocycles. The Kier molecular flexibility index (Phi) is 4.25. The summed E-state index contributed by atoms with van der Waals surface area (Å²) in [4.78, 5) is 15.9. The smallest absolute Gasteiger partial charge is 0.258 e. The fourth-order valence-corrected chi connectivity index (χ4v) is 2.72. The zero-order chi connectivity index (χ0) is 18.8. The van der Waals surface area contributed by atoms with Crippen molar-refractivity contribution >= 4 is 22.5 Å². The number of benzene rings is 2. The second-order valence-corrected chi connectivity index (χ2v) is 6.01. The number of halogens is 1. The Morgan fingerprint density at radius 2 is 2.07 bits per heavy atom. The highest BCUT2D eigenvalue weighted by molar-refractivity contribution is 6.04. The van der Waals surface area contributed by atoms with E-state index in [9.17, 15) is 9.18 Å². The van der Waals surface area contributed by atoms with Crippen LogP contribution in [0.1, 0.15) is 15.9 Å². The maximum absolute atomic E-state index is 13.7. The summed E-state index contributed by atoms with van der Waals surface area (Å²) in [5, 5.41) is 10.6. The number of nitrogens with one attached hydrogen (secondary N) is 2. The van der Waals surface area contributed by atoms with Gasteiger partial charge in [-0.2, -0.15) is 5.10 Å². The number of pyridine rings is 1. The van der Waals surface area contributed by atoms with Gasteiger partial charge in [-0.3, -0.25) is 14.9 Å². The normalized spacial score (nSPS) is 10.7. The van der Waals surface area contributed by atoms with Crippen LogP contribution in [0.4, 0.5) is 10.1 Å². The van der Waals surface area contributed by atoms with Gasteiger partial charge in [0.25, 0.3) is 5.91 Å². The van der Waals surface area contributed by atoms with E-state index in [1.165, 1.54) is 12.3 Å². The standard InChI is InChI=1S/C20H15FN4O2/c1-12-7-13-10-23-25-18(13)9-19(12)27-15-4-2-3-14(8-15)24-20(26)16-5-6-22-11-17(16)21/h2-11H,1H3,(H,23,25)(H,24,26). The number of hydrogen-bond acceptors (Lipinski definition) is 4. The fourth-order valence-electron chi connectivity index (χ4n) is 2.72. The topological polar surface area (TPSA) is 79.9 Å². The summed E-state index contributed by atoms with van der Waals surface area (Å²) in [5.41, 5.74) is 2.25. The molecule has 0 aliphatic heterocycles. The number of aryl methyl sites for hydroxylation is 1. The number of ether oxygens (including phenoxy) is 1. The Hall–Kier alpha value is -3.74. The third-order valence-corrected chi connectivity index (χ3v) is 4.07. The molecule has 0 saturated carbocycles. The van der Waals surface area contributed by atoms with Crippen molar-refractivity contribution in [2.45, 2.75) is 6.92 Å². The molecule has 6 nitrogen and oxygen atoms in total. The minimum atomic E-state index is -0.675. The van der Waals surface area contributed by atoms with Crippen LogP contribution in [0, 0.1) is 12.7 Å². The monoisotopic (exact) mass is 362 g/mol. The van der Waals surface area contributed by atoms with Gasteiger partial charge in [-0.05, 0) is 36.8 Å². The van der Waals surface area contributed by atoms with E-state index in [4.69, 9.17) is 4.74 Å². The molecule has 0 aliphatic carbocycles. The molecular formula is C20H15FN4O2. The molecular weight excluding hydrogens is 347 g/mol. The van der Waals surface area contributed by atoms with Crippen molar-refractivity contribution < 1.29 is 13.9 Å².